The van der Waals surface area contributed by atoms with Crippen molar-refractivity contribution in [3.8, 4) is 5.75 Å². The number of likely N-dealkylation sites (tertiary alicyclic amines) is 1. The fourth-order valence-electron chi connectivity index (χ4n) is 6.34. The smallest absolute Gasteiger partial charge is 0.254 e. The summed E-state index contributed by atoms with van der Waals surface area (Å²) in [7, 11) is 0. The Hall–Kier alpha value is -3.41. The number of rotatable bonds is 8. The number of aryl methyl sites for hydroxylation is 1. The van der Waals surface area contributed by atoms with Crippen molar-refractivity contribution in [1.82, 2.24) is 20.5 Å². The topological polar surface area (TPSA) is 104 Å². The predicted molar refractivity (Wildman–Crippen MR) is 154 cm³/mol. The highest BCUT2D eigenvalue weighted by Gasteiger charge is 2.36. The maximum absolute atomic E-state index is 14.0. The molecule has 2 aromatic carbocycles. The van der Waals surface area contributed by atoms with Gasteiger partial charge in [0.15, 0.2) is 0 Å². The number of hydrogen-bond donors (Lipinski definition) is 3. The first-order valence-electron chi connectivity index (χ1n) is 14.5. The van der Waals surface area contributed by atoms with Gasteiger partial charge >= 0.3 is 0 Å². The van der Waals surface area contributed by atoms with E-state index in [2.05, 4.69) is 15.6 Å². The molecule has 3 aromatic rings. The number of carbonyl (C=O) groups excluding carboxylic acids is 2. The molecule has 4 atom stereocenters. The zero-order valence-electron chi connectivity index (χ0n) is 23.4. The molecule has 3 N–H and O–H groups in total. The molecule has 3 aliphatic heterocycles. The van der Waals surface area contributed by atoms with Crippen LogP contribution in [0.25, 0.3) is 0 Å². The SMILES string of the molecule is Cc1csc([C@H]2CCCN2C(=O)c2cc(C(=O)N[C@@H](Cc3cc(F)cc(F)c3)[C@H](O)[C@H]3CCCN3)cc3c2CCO3)n1. The fourth-order valence-corrected chi connectivity index (χ4v) is 7.28. The Labute approximate surface area is 247 Å². The van der Waals surface area contributed by atoms with Gasteiger partial charge in [0.2, 0.25) is 0 Å². The van der Waals surface area contributed by atoms with Crippen LogP contribution in [0.2, 0.25) is 0 Å². The molecule has 4 heterocycles. The summed E-state index contributed by atoms with van der Waals surface area (Å²) in [4.78, 5) is 34.1. The van der Waals surface area contributed by atoms with Gasteiger partial charge in [0.25, 0.3) is 11.8 Å². The fraction of sp³-hybridized carbons (Fsp3) is 0.452. The van der Waals surface area contributed by atoms with E-state index >= 15 is 0 Å². The molecule has 222 valence electrons. The quantitative estimate of drug-likeness (QED) is 0.362. The summed E-state index contributed by atoms with van der Waals surface area (Å²) in [6.07, 6.45) is 2.87. The Bertz CT molecular complexity index is 1470. The number of amides is 2. The molecule has 0 spiro atoms. The van der Waals surface area contributed by atoms with Gasteiger partial charge in [0, 0.05) is 52.8 Å². The molecule has 1 aromatic heterocycles. The van der Waals surface area contributed by atoms with E-state index in [9.17, 15) is 23.5 Å². The van der Waals surface area contributed by atoms with Gasteiger partial charge in [-0.25, -0.2) is 13.8 Å². The number of carbonyl (C=O) groups is 2. The first kappa shape index (κ1) is 28.7. The molecule has 0 radical (unpaired) electrons. The largest absolute Gasteiger partial charge is 0.493 e. The van der Waals surface area contributed by atoms with E-state index in [1.54, 1.807) is 23.5 Å². The first-order valence-corrected chi connectivity index (χ1v) is 15.3. The number of nitrogens with zero attached hydrogens (tertiary/aromatic N) is 2. The van der Waals surface area contributed by atoms with Crippen molar-refractivity contribution in [2.45, 2.75) is 69.7 Å². The van der Waals surface area contributed by atoms with Crippen LogP contribution in [0.5, 0.6) is 5.75 Å². The highest BCUT2D eigenvalue weighted by atomic mass is 32.1. The van der Waals surface area contributed by atoms with Crippen molar-refractivity contribution in [2.75, 3.05) is 19.7 Å². The Kier molecular flexibility index (Phi) is 8.24. The van der Waals surface area contributed by atoms with Crippen LogP contribution in [0, 0.1) is 18.6 Å². The minimum Gasteiger partial charge on any atom is -0.493 e. The predicted octanol–water partition coefficient (Wildman–Crippen LogP) is 4.10. The van der Waals surface area contributed by atoms with E-state index in [0.717, 1.165) is 48.1 Å². The van der Waals surface area contributed by atoms with Gasteiger partial charge in [0.1, 0.15) is 22.4 Å². The molecule has 0 saturated carbocycles. The Morgan fingerprint density at radius 1 is 1.19 bits per heavy atom. The van der Waals surface area contributed by atoms with Crippen LogP contribution in [0.1, 0.15) is 74.3 Å². The number of ether oxygens (including phenoxy) is 1. The lowest BCUT2D eigenvalue weighted by Crippen LogP contribution is -2.52. The van der Waals surface area contributed by atoms with Gasteiger partial charge < -0.3 is 25.4 Å². The number of aromatic nitrogens is 1. The molecular weight excluding hydrogens is 562 g/mol. The van der Waals surface area contributed by atoms with Crippen molar-refractivity contribution in [1.29, 1.82) is 0 Å². The second-order valence-electron chi connectivity index (χ2n) is 11.3. The third-order valence-corrected chi connectivity index (χ3v) is 9.43. The number of nitrogens with one attached hydrogen (secondary N) is 2. The number of benzene rings is 2. The van der Waals surface area contributed by atoms with E-state index in [1.807, 2.05) is 17.2 Å². The summed E-state index contributed by atoms with van der Waals surface area (Å²) in [5, 5.41) is 20.3. The highest BCUT2D eigenvalue weighted by Crippen LogP contribution is 2.37. The van der Waals surface area contributed by atoms with Crippen molar-refractivity contribution in [3.05, 3.63) is 80.3 Å². The van der Waals surface area contributed by atoms with Crippen molar-refractivity contribution < 1.29 is 28.2 Å². The lowest BCUT2D eigenvalue weighted by Gasteiger charge is -2.29. The summed E-state index contributed by atoms with van der Waals surface area (Å²) in [5.41, 5.74) is 2.67. The number of hydrogen-bond acceptors (Lipinski definition) is 7. The van der Waals surface area contributed by atoms with Gasteiger partial charge in [-0.15, -0.1) is 11.3 Å². The number of thiazole rings is 1. The summed E-state index contributed by atoms with van der Waals surface area (Å²) in [5.74, 6) is -1.63. The molecule has 42 heavy (non-hydrogen) atoms. The molecule has 3 aliphatic rings. The number of fused-ring (bicyclic) bond motifs is 1. The van der Waals surface area contributed by atoms with Crippen molar-refractivity contribution in [2.24, 2.45) is 0 Å². The maximum atomic E-state index is 14.0. The van der Waals surface area contributed by atoms with Gasteiger partial charge in [0.05, 0.1) is 24.8 Å². The van der Waals surface area contributed by atoms with Crippen molar-refractivity contribution >= 4 is 23.2 Å². The molecule has 0 aliphatic carbocycles. The third-order valence-electron chi connectivity index (χ3n) is 8.36. The lowest BCUT2D eigenvalue weighted by molar-refractivity contribution is 0.0732. The Balaban J connectivity index is 1.28. The molecule has 6 rings (SSSR count). The molecule has 11 heteroatoms. The van der Waals surface area contributed by atoms with Crippen LogP contribution in [0.4, 0.5) is 8.78 Å². The van der Waals surface area contributed by atoms with E-state index < -0.39 is 29.7 Å². The van der Waals surface area contributed by atoms with E-state index in [0.29, 0.717) is 42.9 Å². The molecule has 0 bridgehead atoms. The van der Waals surface area contributed by atoms with Crippen LogP contribution in [0.3, 0.4) is 0 Å². The summed E-state index contributed by atoms with van der Waals surface area (Å²) in [6.45, 7) is 3.69. The van der Waals surface area contributed by atoms with Crippen LogP contribution in [-0.2, 0) is 12.8 Å². The third kappa shape index (κ3) is 5.91. The van der Waals surface area contributed by atoms with Crippen LogP contribution in [-0.4, -0.2) is 64.7 Å². The van der Waals surface area contributed by atoms with E-state index in [1.165, 1.54) is 12.1 Å². The first-order chi connectivity index (χ1) is 20.3. The van der Waals surface area contributed by atoms with Crippen LogP contribution < -0.4 is 15.4 Å². The minimum absolute atomic E-state index is 0.0235. The molecule has 0 unspecified atom stereocenters. The van der Waals surface area contributed by atoms with E-state index in [4.69, 9.17) is 4.74 Å². The monoisotopic (exact) mass is 596 g/mol. The maximum Gasteiger partial charge on any atom is 0.254 e. The summed E-state index contributed by atoms with van der Waals surface area (Å²) < 4.78 is 33.7. The Morgan fingerprint density at radius 2 is 2.00 bits per heavy atom. The minimum atomic E-state index is -0.998. The standard InChI is InChI=1S/C31H34F2N4O4S/c1-17-16-42-30(35-17)26-5-3-8-37(26)31(40)23-13-19(14-27-22(23)6-9-41-27)29(39)36-25(28(38)24-4-2-7-34-24)12-18-10-20(32)15-21(33)11-18/h10-11,13-16,24-26,28,34,38H,2-9,12H2,1H3,(H,36,39)/t24-,25+,26-,28-/m1/s1. The van der Waals surface area contributed by atoms with Gasteiger partial charge in [-0.2, -0.15) is 0 Å². The van der Waals surface area contributed by atoms with Gasteiger partial charge in [-0.3, -0.25) is 9.59 Å². The van der Waals surface area contributed by atoms with Crippen molar-refractivity contribution in [3.63, 3.8) is 0 Å². The zero-order valence-corrected chi connectivity index (χ0v) is 24.2. The molecule has 2 saturated heterocycles. The number of aliphatic hydroxyl groups excluding tert-OH is 1. The normalized spacial score (nSPS) is 21.2. The van der Waals surface area contributed by atoms with Crippen LogP contribution in [0.15, 0.2) is 35.7 Å². The van der Waals surface area contributed by atoms with Gasteiger partial charge in [-0.05, 0) is 75.4 Å². The molecular formula is C31H34F2N4O4S. The molecule has 8 nitrogen and oxygen atoms in total. The average Bonchev–Trinajstić information content (AvgIpc) is 3.77. The summed E-state index contributed by atoms with van der Waals surface area (Å²) in [6, 6.07) is 5.20. The number of halogens is 2. The highest BCUT2D eigenvalue weighted by molar-refractivity contribution is 7.09. The molecule has 2 fully saturated rings. The number of aliphatic hydroxyl groups is 1. The second kappa shape index (κ2) is 12.1. The summed E-state index contributed by atoms with van der Waals surface area (Å²) >= 11 is 1.55. The average molecular weight is 597 g/mol. The second-order valence-corrected chi connectivity index (χ2v) is 12.2. The zero-order chi connectivity index (χ0) is 29.4. The lowest BCUT2D eigenvalue weighted by atomic mass is 9.94. The van der Waals surface area contributed by atoms with E-state index in [-0.39, 0.29) is 30.0 Å². The Morgan fingerprint density at radius 3 is 2.71 bits per heavy atom. The van der Waals surface area contributed by atoms with Crippen LogP contribution >= 0.6 is 11.3 Å². The van der Waals surface area contributed by atoms with Gasteiger partial charge in [-0.1, -0.05) is 0 Å². The molecule has 2 amide bonds.